The van der Waals surface area contributed by atoms with Crippen molar-refractivity contribution in [1.82, 2.24) is 9.88 Å². The van der Waals surface area contributed by atoms with Gasteiger partial charge in [0.05, 0.1) is 17.0 Å². The number of rotatable bonds is 3. The first-order valence-electron chi connectivity index (χ1n) is 8.27. The summed E-state index contributed by atoms with van der Waals surface area (Å²) < 4.78 is 38.1. The van der Waals surface area contributed by atoms with Crippen molar-refractivity contribution in [1.29, 1.82) is 0 Å². The quantitative estimate of drug-likeness (QED) is 0.860. The summed E-state index contributed by atoms with van der Waals surface area (Å²) in [6, 6.07) is 7.30. The Morgan fingerprint density at radius 2 is 1.78 bits per heavy atom. The first-order valence-corrected chi connectivity index (χ1v) is 8.65. The highest BCUT2D eigenvalue weighted by Gasteiger charge is 2.32. The van der Waals surface area contributed by atoms with E-state index in [0.717, 1.165) is 17.8 Å². The number of phenols is 1. The van der Waals surface area contributed by atoms with Crippen LogP contribution in [0.3, 0.4) is 0 Å². The van der Waals surface area contributed by atoms with Crippen molar-refractivity contribution in [2.75, 3.05) is 31.1 Å². The molecule has 0 aliphatic carbocycles. The number of carbonyl (C=O) groups is 1. The fourth-order valence-corrected chi connectivity index (χ4v) is 3.17. The van der Waals surface area contributed by atoms with Crippen LogP contribution in [0, 0.1) is 0 Å². The number of halogens is 4. The summed E-state index contributed by atoms with van der Waals surface area (Å²) in [6.45, 7) is 1.71. The van der Waals surface area contributed by atoms with E-state index < -0.39 is 11.7 Å². The molecule has 0 unspecified atom stereocenters. The summed E-state index contributed by atoms with van der Waals surface area (Å²) in [5, 5.41) is 9.22. The van der Waals surface area contributed by atoms with Crippen LogP contribution in [0.1, 0.15) is 11.1 Å². The number of piperazine rings is 1. The van der Waals surface area contributed by atoms with Crippen LogP contribution in [0.25, 0.3) is 0 Å². The summed E-state index contributed by atoms with van der Waals surface area (Å²) in [7, 11) is 0. The number of benzene rings is 1. The first kappa shape index (κ1) is 19.3. The van der Waals surface area contributed by atoms with Crippen LogP contribution >= 0.6 is 11.6 Å². The van der Waals surface area contributed by atoms with E-state index in [2.05, 4.69) is 4.98 Å². The number of nitrogens with zero attached hydrogens (tertiary/aromatic N) is 3. The van der Waals surface area contributed by atoms with Crippen LogP contribution in [0.15, 0.2) is 36.5 Å². The van der Waals surface area contributed by atoms with E-state index in [0.29, 0.717) is 26.2 Å². The van der Waals surface area contributed by atoms with E-state index in [4.69, 9.17) is 11.6 Å². The molecule has 2 heterocycles. The molecule has 2 aromatic rings. The maximum atomic E-state index is 12.7. The molecule has 0 atom stereocenters. The van der Waals surface area contributed by atoms with Crippen LogP contribution in [-0.2, 0) is 17.4 Å². The van der Waals surface area contributed by atoms with Gasteiger partial charge in [-0.05, 0) is 23.8 Å². The van der Waals surface area contributed by atoms with E-state index in [9.17, 15) is 23.1 Å². The molecule has 0 bridgehead atoms. The average Bonchev–Trinajstić information content (AvgIpc) is 2.63. The molecule has 1 fully saturated rings. The predicted octanol–water partition coefficient (Wildman–Crippen LogP) is 3.35. The number of carbonyl (C=O) groups excluding carboxylic acids is 1. The molecule has 3 rings (SSSR count). The highest BCUT2D eigenvalue weighted by atomic mass is 35.5. The summed E-state index contributed by atoms with van der Waals surface area (Å²) in [5.74, 6) is 0.378. The van der Waals surface area contributed by atoms with Crippen molar-refractivity contribution in [3.05, 3.63) is 52.7 Å². The molecule has 0 radical (unpaired) electrons. The summed E-state index contributed by atoms with van der Waals surface area (Å²) in [6.07, 6.45) is -3.50. The van der Waals surface area contributed by atoms with Gasteiger partial charge in [0.25, 0.3) is 0 Å². The smallest absolute Gasteiger partial charge is 0.417 e. The van der Waals surface area contributed by atoms with E-state index in [1.807, 2.05) is 0 Å². The number of aromatic nitrogens is 1. The zero-order chi connectivity index (χ0) is 19.6. The Labute approximate surface area is 159 Å². The molecule has 144 valence electrons. The summed E-state index contributed by atoms with van der Waals surface area (Å²) >= 11 is 5.98. The van der Waals surface area contributed by atoms with Crippen molar-refractivity contribution in [2.45, 2.75) is 12.6 Å². The Bertz CT molecular complexity index is 820. The van der Waals surface area contributed by atoms with Crippen molar-refractivity contribution in [3.63, 3.8) is 0 Å². The lowest BCUT2D eigenvalue weighted by Crippen LogP contribution is -2.49. The second kappa shape index (κ2) is 7.64. The van der Waals surface area contributed by atoms with Crippen LogP contribution in [0.2, 0.25) is 5.02 Å². The molecule has 5 nitrogen and oxygen atoms in total. The zero-order valence-electron chi connectivity index (χ0n) is 14.2. The van der Waals surface area contributed by atoms with Gasteiger partial charge >= 0.3 is 6.18 Å². The van der Waals surface area contributed by atoms with Gasteiger partial charge in [0.15, 0.2) is 0 Å². The highest BCUT2D eigenvalue weighted by molar-refractivity contribution is 6.33. The monoisotopic (exact) mass is 399 g/mol. The van der Waals surface area contributed by atoms with Crippen LogP contribution in [0.5, 0.6) is 5.75 Å². The molecule has 0 saturated carbocycles. The second-order valence-corrected chi connectivity index (χ2v) is 6.65. The SMILES string of the molecule is O=C(Cc1ccc(O)cc1)N1CCN(c2ncc(C(F)(F)F)cc2Cl)CC1. The van der Waals surface area contributed by atoms with Crippen LogP contribution < -0.4 is 4.90 Å². The number of anilines is 1. The maximum Gasteiger partial charge on any atom is 0.417 e. The number of hydrogen-bond acceptors (Lipinski definition) is 4. The Balaban J connectivity index is 1.60. The predicted molar refractivity (Wildman–Crippen MR) is 94.9 cm³/mol. The number of alkyl halides is 3. The molecule has 0 spiro atoms. The van der Waals surface area contributed by atoms with E-state index in [-0.39, 0.29) is 28.9 Å². The lowest BCUT2D eigenvalue weighted by molar-refractivity contribution is -0.137. The van der Waals surface area contributed by atoms with Gasteiger partial charge < -0.3 is 14.9 Å². The minimum atomic E-state index is -4.49. The fourth-order valence-electron chi connectivity index (χ4n) is 2.89. The Hall–Kier alpha value is -2.48. The molecule has 1 aliphatic rings. The van der Waals surface area contributed by atoms with Gasteiger partial charge in [-0.1, -0.05) is 23.7 Å². The molecule has 1 aliphatic heterocycles. The Kier molecular flexibility index (Phi) is 5.46. The van der Waals surface area contributed by atoms with Crippen LogP contribution in [-0.4, -0.2) is 47.1 Å². The van der Waals surface area contributed by atoms with Gasteiger partial charge in [0, 0.05) is 32.4 Å². The average molecular weight is 400 g/mol. The Morgan fingerprint density at radius 1 is 1.15 bits per heavy atom. The third-order valence-corrected chi connectivity index (χ3v) is 4.65. The first-order chi connectivity index (χ1) is 12.7. The van der Waals surface area contributed by atoms with Crippen molar-refractivity contribution >= 4 is 23.3 Å². The second-order valence-electron chi connectivity index (χ2n) is 6.24. The van der Waals surface area contributed by atoms with Gasteiger partial charge in [0.2, 0.25) is 5.91 Å². The molecule has 9 heteroatoms. The van der Waals surface area contributed by atoms with Gasteiger partial charge in [-0.15, -0.1) is 0 Å². The van der Waals surface area contributed by atoms with E-state index in [1.165, 1.54) is 12.1 Å². The number of aromatic hydroxyl groups is 1. The van der Waals surface area contributed by atoms with Gasteiger partial charge in [-0.25, -0.2) is 4.98 Å². The van der Waals surface area contributed by atoms with E-state index in [1.54, 1.807) is 21.9 Å². The van der Waals surface area contributed by atoms with Gasteiger partial charge in [-0.3, -0.25) is 4.79 Å². The molecule has 1 amide bonds. The molecule has 1 saturated heterocycles. The zero-order valence-corrected chi connectivity index (χ0v) is 15.0. The maximum absolute atomic E-state index is 12.7. The number of pyridine rings is 1. The number of amides is 1. The third kappa shape index (κ3) is 4.63. The Morgan fingerprint density at radius 3 is 2.33 bits per heavy atom. The van der Waals surface area contributed by atoms with Crippen molar-refractivity contribution < 1.29 is 23.1 Å². The topological polar surface area (TPSA) is 56.7 Å². The largest absolute Gasteiger partial charge is 0.508 e. The van der Waals surface area contributed by atoms with Crippen molar-refractivity contribution in [2.24, 2.45) is 0 Å². The molecule has 1 aromatic carbocycles. The standard InChI is InChI=1S/C18H17ClF3N3O2/c19-15-10-13(18(20,21)22)11-23-17(15)25-7-5-24(6-8-25)16(27)9-12-1-3-14(26)4-2-12/h1-4,10-11,26H,5-9H2. The summed E-state index contributed by atoms with van der Waals surface area (Å²) in [5.41, 5.74) is -0.0911. The minimum absolute atomic E-state index is 0.0492. The molecule has 27 heavy (non-hydrogen) atoms. The summed E-state index contributed by atoms with van der Waals surface area (Å²) in [4.78, 5) is 19.7. The third-order valence-electron chi connectivity index (χ3n) is 4.37. The highest BCUT2D eigenvalue weighted by Crippen LogP contribution is 2.33. The molecule has 1 N–H and O–H groups in total. The minimum Gasteiger partial charge on any atom is -0.508 e. The van der Waals surface area contributed by atoms with E-state index >= 15 is 0 Å². The van der Waals surface area contributed by atoms with Crippen LogP contribution in [0.4, 0.5) is 19.0 Å². The molecular formula is C18H17ClF3N3O2. The number of phenolic OH excluding ortho intramolecular Hbond substituents is 1. The lowest BCUT2D eigenvalue weighted by Gasteiger charge is -2.36. The fraction of sp³-hybridized carbons (Fsp3) is 0.333. The molecule has 1 aromatic heterocycles. The van der Waals surface area contributed by atoms with Gasteiger partial charge in [0.1, 0.15) is 11.6 Å². The van der Waals surface area contributed by atoms with Gasteiger partial charge in [-0.2, -0.15) is 13.2 Å². The van der Waals surface area contributed by atoms with Crippen molar-refractivity contribution in [3.8, 4) is 5.75 Å². The normalized spacial score (nSPS) is 15.1. The number of hydrogen-bond donors (Lipinski definition) is 1. The lowest BCUT2D eigenvalue weighted by atomic mass is 10.1. The molecular weight excluding hydrogens is 383 g/mol.